The van der Waals surface area contributed by atoms with Crippen LogP contribution in [-0.2, 0) is 11.3 Å². The Kier molecular flexibility index (Phi) is 4.59. The van der Waals surface area contributed by atoms with Crippen molar-refractivity contribution < 1.29 is 9.53 Å². The summed E-state index contributed by atoms with van der Waals surface area (Å²) in [6.07, 6.45) is 6.92. The molecule has 0 bridgehead atoms. The van der Waals surface area contributed by atoms with Crippen molar-refractivity contribution in [3.8, 4) is 0 Å². The molecule has 0 atom stereocenters. The van der Waals surface area contributed by atoms with E-state index >= 15 is 0 Å². The second-order valence-corrected chi connectivity index (χ2v) is 5.85. The van der Waals surface area contributed by atoms with E-state index in [1.807, 2.05) is 6.20 Å². The molecule has 0 saturated carbocycles. The number of urea groups is 1. The zero-order chi connectivity index (χ0) is 14.5. The van der Waals surface area contributed by atoms with Gasteiger partial charge >= 0.3 is 6.03 Å². The first-order valence-electron chi connectivity index (χ1n) is 6.80. The molecule has 0 radical (unpaired) electrons. The minimum atomic E-state index is -0.213. The van der Waals surface area contributed by atoms with Crippen molar-refractivity contribution in [2.24, 2.45) is 4.99 Å². The van der Waals surface area contributed by atoms with E-state index in [2.05, 4.69) is 20.2 Å². The summed E-state index contributed by atoms with van der Waals surface area (Å²) in [6, 6.07) is -0.213. The number of anilines is 1. The van der Waals surface area contributed by atoms with Gasteiger partial charge in [-0.1, -0.05) is 0 Å². The van der Waals surface area contributed by atoms with Crippen molar-refractivity contribution in [1.29, 1.82) is 0 Å². The Hall–Kier alpha value is -1.77. The first kappa shape index (κ1) is 14.2. The minimum absolute atomic E-state index is 0.213. The lowest BCUT2D eigenvalue weighted by molar-refractivity contribution is 0.0346. The molecule has 2 amide bonds. The summed E-state index contributed by atoms with van der Waals surface area (Å²) in [4.78, 5) is 25.2. The van der Waals surface area contributed by atoms with Gasteiger partial charge in [0, 0.05) is 43.1 Å². The van der Waals surface area contributed by atoms with Crippen LogP contribution in [-0.4, -0.2) is 60.0 Å². The molecule has 1 N–H and O–H groups in total. The molecule has 112 valence electrons. The molecule has 2 aliphatic rings. The van der Waals surface area contributed by atoms with Crippen molar-refractivity contribution in [2.75, 3.05) is 38.3 Å². The number of allylic oxidation sites excluding steroid dienone is 1. The highest BCUT2D eigenvalue weighted by molar-refractivity contribution is 7.15. The van der Waals surface area contributed by atoms with E-state index in [4.69, 9.17) is 4.74 Å². The molecular formula is C13H17N5O2S. The summed E-state index contributed by atoms with van der Waals surface area (Å²) in [7, 11) is 0. The Bertz CT molecular complexity index is 551. The fourth-order valence-electron chi connectivity index (χ4n) is 2.10. The highest BCUT2D eigenvalue weighted by Crippen LogP contribution is 2.20. The van der Waals surface area contributed by atoms with E-state index in [1.165, 1.54) is 16.2 Å². The molecule has 1 aromatic heterocycles. The summed E-state index contributed by atoms with van der Waals surface area (Å²) in [6.45, 7) is 4.64. The van der Waals surface area contributed by atoms with Crippen LogP contribution in [0.25, 0.3) is 0 Å². The SMILES string of the molecule is O=C(Nc1ncc(CN2CCOCC2)s1)N1C=CC=NC1. The first-order chi connectivity index (χ1) is 10.3. The van der Waals surface area contributed by atoms with Gasteiger partial charge in [0.15, 0.2) is 5.13 Å². The first-order valence-corrected chi connectivity index (χ1v) is 7.62. The second-order valence-electron chi connectivity index (χ2n) is 4.73. The Balaban J connectivity index is 1.53. The lowest BCUT2D eigenvalue weighted by Gasteiger charge is -2.25. The smallest absolute Gasteiger partial charge is 0.329 e. The fourth-order valence-corrected chi connectivity index (χ4v) is 2.94. The van der Waals surface area contributed by atoms with Gasteiger partial charge in [-0.15, -0.1) is 11.3 Å². The van der Waals surface area contributed by atoms with Gasteiger partial charge in [0.2, 0.25) is 0 Å². The lowest BCUT2D eigenvalue weighted by Crippen LogP contribution is -2.35. The van der Waals surface area contributed by atoms with Gasteiger partial charge in [0.1, 0.15) is 6.67 Å². The number of nitrogens with zero attached hydrogens (tertiary/aromatic N) is 4. The minimum Gasteiger partial charge on any atom is -0.379 e. The standard InChI is InChI=1S/C13H17N5O2S/c19-13(18-3-1-2-14-10-18)16-12-15-8-11(21-12)9-17-4-6-20-7-5-17/h1-3,8H,4-7,9-10H2,(H,15,16,19). The molecule has 1 fully saturated rings. The van der Waals surface area contributed by atoms with Crippen LogP contribution in [0.15, 0.2) is 23.5 Å². The molecule has 3 heterocycles. The van der Waals surface area contributed by atoms with Crippen molar-refractivity contribution in [2.45, 2.75) is 6.54 Å². The molecule has 1 saturated heterocycles. The van der Waals surface area contributed by atoms with Crippen molar-refractivity contribution >= 4 is 28.7 Å². The van der Waals surface area contributed by atoms with Crippen molar-refractivity contribution in [3.05, 3.63) is 23.3 Å². The maximum atomic E-state index is 12.0. The average molecular weight is 307 g/mol. The van der Waals surface area contributed by atoms with E-state index < -0.39 is 0 Å². The topological polar surface area (TPSA) is 70.1 Å². The van der Waals surface area contributed by atoms with Crippen LogP contribution in [0.5, 0.6) is 0 Å². The molecule has 8 heteroatoms. The second kappa shape index (κ2) is 6.79. The monoisotopic (exact) mass is 307 g/mol. The average Bonchev–Trinajstić information content (AvgIpc) is 2.96. The molecular weight excluding hydrogens is 290 g/mol. The number of hydrogen-bond donors (Lipinski definition) is 1. The van der Waals surface area contributed by atoms with E-state index in [0.29, 0.717) is 11.8 Å². The number of carbonyl (C=O) groups excluding carboxylic acids is 1. The third-order valence-corrected chi connectivity index (χ3v) is 4.10. The van der Waals surface area contributed by atoms with Gasteiger partial charge in [-0.2, -0.15) is 0 Å². The number of morpholine rings is 1. The molecule has 0 spiro atoms. The third kappa shape index (κ3) is 3.87. The predicted molar refractivity (Wildman–Crippen MR) is 81.6 cm³/mol. The summed E-state index contributed by atoms with van der Waals surface area (Å²) >= 11 is 1.50. The van der Waals surface area contributed by atoms with E-state index in [9.17, 15) is 4.79 Å². The fraction of sp³-hybridized carbons (Fsp3) is 0.462. The maximum absolute atomic E-state index is 12.0. The molecule has 21 heavy (non-hydrogen) atoms. The van der Waals surface area contributed by atoms with E-state index in [1.54, 1.807) is 18.5 Å². The van der Waals surface area contributed by atoms with E-state index in [-0.39, 0.29) is 6.03 Å². The zero-order valence-electron chi connectivity index (χ0n) is 11.6. The van der Waals surface area contributed by atoms with Crippen LogP contribution in [0.2, 0.25) is 0 Å². The summed E-state index contributed by atoms with van der Waals surface area (Å²) < 4.78 is 5.33. The highest BCUT2D eigenvalue weighted by Gasteiger charge is 2.15. The number of carbonyl (C=O) groups is 1. The Morgan fingerprint density at radius 3 is 3.05 bits per heavy atom. The van der Waals surface area contributed by atoms with Crippen LogP contribution in [0, 0.1) is 0 Å². The summed E-state index contributed by atoms with van der Waals surface area (Å²) in [5.74, 6) is 0. The van der Waals surface area contributed by atoms with E-state index in [0.717, 1.165) is 37.7 Å². The molecule has 3 rings (SSSR count). The molecule has 0 aromatic carbocycles. The highest BCUT2D eigenvalue weighted by atomic mass is 32.1. The summed E-state index contributed by atoms with van der Waals surface area (Å²) in [5, 5.41) is 3.41. The van der Waals surface area contributed by atoms with Crippen molar-refractivity contribution in [1.82, 2.24) is 14.8 Å². The van der Waals surface area contributed by atoms with Crippen LogP contribution in [0.4, 0.5) is 9.93 Å². The largest absolute Gasteiger partial charge is 0.379 e. The van der Waals surface area contributed by atoms with Gasteiger partial charge in [-0.25, -0.2) is 9.78 Å². The van der Waals surface area contributed by atoms with Gasteiger partial charge in [0.05, 0.1) is 13.2 Å². The third-order valence-electron chi connectivity index (χ3n) is 3.20. The van der Waals surface area contributed by atoms with Crippen LogP contribution in [0.1, 0.15) is 4.88 Å². The number of amides is 2. The lowest BCUT2D eigenvalue weighted by atomic mass is 10.4. The number of aromatic nitrogens is 1. The van der Waals surface area contributed by atoms with Crippen LogP contribution in [0.3, 0.4) is 0 Å². The van der Waals surface area contributed by atoms with Crippen LogP contribution < -0.4 is 5.32 Å². The number of rotatable bonds is 3. The number of aliphatic imine (C=N–C) groups is 1. The number of ether oxygens (including phenoxy) is 1. The Labute approximate surface area is 126 Å². The number of nitrogens with one attached hydrogen (secondary N) is 1. The van der Waals surface area contributed by atoms with Gasteiger partial charge in [0.25, 0.3) is 0 Å². The van der Waals surface area contributed by atoms with Gasteiger partial charge in [-0.05, 0) is 6.08 Å². The van der Waals surface area contributed by atoms with Crippen molar-refractivity contribution in [3.63, 3.8) is 0 Å². The molecule has 1 aromatic rings. The maximum Gasteiger partial charge on any atom is 0.329 e. The molecule has 7 nitrogen and oxygen atoms in total. The predicted octanol–water partition coefficient (Wildman–Crippen LogP) is 1.36. The number of hydrogen-bond acceptors (Lipinski definition) is 6. The van der Waals surface area contributed by atoms with Gasteiger partial charge in [-0.3, -0.25) is 20.1 Å². The molecule has 0 unspecified atom stereocenters. The quantitative estimate of drug-likeness (QED) is 0.915. The Morgan fingerprint density at radius 1 is 1.43 bits per heavy atom. The zero-order valence-corrected chi connectivity index (χ0v) is 12.4. The normalized spacial score (nSPS) is 19.0. The number of thiazole rings is 1. The molecule has 2 aliphatic heterocycles. The molecule has 0 aliphatic carbocycles. The summed E-state index contributed by atoms with van der Waals surface area (Å²) in [5.41, 5.74) is 0. The van der Waals surface area contributed by atoms with Gasteiger partial charge < -0.3 is 4.74 Å². The Morgan fingerprint density at radius 2 is 2.29 bits per heavy atom. The van der Waals surface area contributed by atoms with Crippen LogP contribution >= 0.6 is 11.3 Å².